The molecule has 1 aromatic heterocycles. The van der Waals surface area contributed by atoms with Gasteiger partial charge in [-0.3, -0.25) is 4.79 Å². The highest BCUT2D eigenvalue weighted by atomic mass is 16.1. The molecule has 0 aromatic carbocycles. The Kier molecular flexibility index (Phi) is 5.94. The molecule has 0 fully saturated rings. The quantitative estimate of drug-likeness (QED) is 0.697. The van der Waals surface area contributed by atoms with Crippen molar-refractivity contribution in [2.45, 2.75) is 20.4 Å². The normalized spacial score (nSPS) is 11.4. The van der Waals surface area contributed by atoms with Crippen LogP contribution in [-0.4, -0.2) is 36.6 Å². The van der Waals surface area contributed by atoms with Crippen LogP contribution in [-0.2, 0) is 6.54 Å². The molecule has 1 rings (SSSR count). The lowest BCUT2D eigenvalue weighted by atomic mass is 10.2. The molecule has 0 aliphatic carbocycles. The number of hydrogen-bond acceptors (Lipinski definition) is 3. The topological polar surface area (TPSA) is 48.1 Å². The van der Waals surface area contributed by atoms with E-state index in [1.807, 2.05) is 7.05 Å². The molecule has 0 radical (unpaired) electrons. The van der Waals surface area contributed by atoms with E-state index in [9.17, 15) is 4.79 Å². The van der Waals surface area contributed by atoms with E-state index in [1.54, 1.807) is 18.5 Å². The van der Waals surface area contributed by atoms with Crippen molar-refractivity contribution in [3.63, 3.8) is 0 Å². The third kappa shape index (κ3) is 5.65. The first-order valence-corrected chi connectivity index (χ1v) is 6.15. The number of rotatable bonds is 7. The number of H-pyrrole nitrogens is 1. The highest BCUT2D eigenvalue weighted by molar-refractivity contribution is 5.08. The average molecular weight is 237 g/mol. The molecule has 0 saturated heterocycles. The molecule has 4 heteroatoms. The number of likely N-dealkylation sites (N-methyl/N-ethyl adjacent to an activating group) is 1. The Hall–Kier alpha value is -1.13. The Labute approximate surface area is 103 Å². The standard InChI is InChI=1S/C13H23N3O/c1-11(2)8-15-6-7-16(3)10-12-9-14-5-4-13(12)17/h4-5,9,11,15H,6-8,10H2,1-3H3,(H,14,17). The number of aromatic amines is 1. The van der Waals surface area contributed by atoms with Gasteiger partial charge in [-0.05, 0) is 19.5 Å². The highest BCUT2D eigenvalue weighted by Gasteiger charge is 2.03. The van der Waals surface area contributed by atoms with Gasteiger partial charge in [-0.1, -0.05) is 13.8 Å². The summed E-state index contributed by atoms with van der Waals surface area (Å²) >= 11 is 0. The van der Waals surface area contributed by atoms with Crippen molar-refractivity contribution in [3.8, 4) is 0 Å². The van der Waals surface area contributed by atoms with Crippen molar-refractivity contribution in [2.24, 2.45) is 5.92 Å². The van der Waals surface area contributed by atoms with Crippen LogP contribution in [0.15, 0.2) is 23.3 Å². The van der Waals surface area contributed by atoms with E-state index >= 15 is 0 Å². The number of pyridine rings is 1. The monoisotopic (exact) mass is 237 g/mol. The predicted octanol–water partition coefficient (Wildman–Crippen LogP) is 1.05. The van der Waals surface area contributed by atoms with Crippen LogP contribution in [0.4, 0.5) is 0 Å². The smallest absolute Gasteiger partial charge is 0.186 e. The van der Waals surface area contributed by atoms with Crippen molar-refractivity contribution in [1.29, 1.82) is 0 Å². The van der Waals surface area contributed by atoms with Gasteiger partial charge in [-0.25, -0.2) is 0 Å². The number of nitrogens with zero attached hydrogens (tertiary/aromatic N) is 1. The third-order valence-corrected chi connectivity index (χ3v) is 2.57. The molecule has 0 aliphatic rings. The number of hydrogen-bond donors (Lipinski definition) is 2. The van der Waals surface area contributed by atoms with E-state index in [1.165, 1.54) is 0 Å². The molecular formula is C13H23N3O. The van der Waals surface area contributed by atoms with Gasteiger partial charge >= 0.3 is 0 Å². The van der Waals surface area contributed by atoms with Gasteiger partial charge < -0.3 is 15.2 Å². The van der Waals surface area contributed by atoms with Crippen LogP contribution < -0.4 is 10.7 Å². The minimum atomic E-state index is 0.103. The predicted molar refractivity (Wildman–Crippen MR) is 71.1 cm³/mol. The zero-order chi connectivity index (χ0) is 12.7. The third-order valence-electron chi connectivity index (χ3n) is 2.57. The van der Waals surface area contributed by atoms with Crippen LogP contribution >= 0.6 is 0 Å². The Morgan fingerprint density at radius 3 is 2.88 bits per heavy atom. The summed E-state index contributed by atoms with van der Waals surface area (Å²) in [6.07, 6.45) is 3.44. The second-order valence-corrected chi connectivity index (χ2v) is 4.87. The van der Waals surface area contributed by atoms with Crippen molar-refractivity contribution in [3.05, 3.63) is 34.2 Å². The minimum absolute atomic E-state index is 0.103. The summed E-state index contributed by atoms with van der Waals surface area (Å²) in [6, 6.07) is 1.57. The number of nitrogens with one attached hydrogen (secondary N) is 2. The summed E-state index contributed by atoms with van der Waals surface area (Å²) in [5.41, 5.74) is 0.921. The maximum Gasteiger partial charge on any atom is 0.186 e. The molecule has 0 unspecified atom stereocenters. The lowest BCUT2D eigenvalue weighted by Crippen LogP contribution is -2.31. The van der Waals surface area contributed by atoms with Gasteiger partial charge in [0.05, 0.1) is 0 Å². The van der Waals surface area contributed by atoms with Gasteiger partial charge in [-0.2, -0.15) is 0 Å². The largest absolute Gasteiger partial charge is 0.367 e. The van der Waals surface area contributed by atoms with E-state index in [4.69, 9.17) is 0 Å². The van der Waals surface area contributed by atoms with Crippen LogP contribution in [0.25, 0.3) is 0 Å². The maximum absolute atomic E-state index is 11.5. The SMILES string of the molecule is CC(C)CNCCN(C)Cc1c[nH]ccc1=O. The lowest BCUT2D eigenvalue weighted by molar-refractivity contribution is 0.320. The number of aromatic nitrogens is 1. The van der Waals surface area contributed by atoms with Crippen LogP contribution in [0.2, 0.25) is 0 Å². The van der Waals surface area contributed by atoms with Gasteiger partial charge in [-0.15, -0.1) is 0 Å². The second-order valence-electron chi connectivity index (χ2n) is 4.87. The lowest BCUT2D eigenvalue weighted by Gasteiger charge is -2.17. The summed E-state index contributed by atoms with van der Waals surface area (Å²) in [5.74, 6) is 0.678. The maximum atomic E-state index is 11.5. The van der Waals surface area contributed by atoms with Gasteiger partial charge in [0.25, 0.3) is 0 Å². The summed E-state index contributed by atoms with van der Waals surface area (Å²) in [4.78, 5) is 16.6. The first-order chi connectivity index (χ1) is 8.09. The molecule has 4 nitrogen and oxygen atoms in total. The molecular weight excluding hydrogens is 214 g/mol. The average Bonchev–Trinajstić information content (AvgIpc) is 2.27. The molecule has 17 heavy (non-hydrogen) atoms. The van der Waals surface area contributed by atoms with Crippen LogP contribution in [0.1, 0.15) is 19.4 Å². The van der Waals surface area contributed by atoms with E-state index in [0.717, 1.165) is 25.2 Å². The molecule has 0 bridgehead atoms. The Balaban J connectivity index is 2.28. The molecule has 0 atom stereocenters. The van der Waals surface area contributed by atoms with Crippen molar-refractivity contribution in [2.75, 3.05) is 26.7 Å². The van der Waals surface area contributed by atoms with E-state index in [-0.39, 0.29) is 5.43 Å². The molecule has 0 amide bonds. The first-order valence-electron chi connectivity index (χ1n) is 6.15. The molecule has 2 N–H and O–H groups in total. The van der Waals surface area contributed by atoms with Crippen molar-refractivity contribution in [1.82, 2.24) is 15.2 Å². The zero-order valence-corrected chi connectivity index (χ0v) is 11.0. The van der Waals surface area contributed by atoms with E-state index < -0.39 is 0 Å². The Bertz CT molecular complexity index is 373. The second kappa shape index (κ2) is 7.25. The Morgan fingerprint density at radius 2 is 2.24 bits per heavy atom. The fraction of sp³-hybridized carbons (Fsp3) is 0.615. The molecule has 0 aliphatic heterocycles. The minimum Gasteiger partial charge on any atom is -0.367 e. The van der Waals surface area contributed by atoms with Gasteiger partial charge in [0.1, 0.15) is 0 Å². The van der Waals surface area contributed by atoms with Gasteiger partial charge in [0.15, 0.2) is 5.43 Å². The highest BCUT2D eigenvalue weighted by Crippen LogP contribution is 1.94. The molecule has 1 aromatic rings. The molecule has 1 heterocycles. The van der Waals surface area contributed by atoms with Crippen LogP contribution in [0, 0.1) is 5.92 Å². The molecule has 96 valence electrons. The summed E-state index contributed by atoms with van der Waals surface area (Å²) in [5, 5.41) is 3.39. The zero-order valence-electron chi connectivity index (χ0n) is 11.0. The van der Waals surface area contributed by atoms with Crippen LogP contribution in [0.5, 0.6) is 0 Å². The van der Waals surface area contributed by atoms with Crippen molar-refractivity contribution >= 4 is 0 Å². The van der Waals surface area contributed by atoms with Crippen molar-refractivity contribution < 1.29 is 0 Å². The first kappa shape index (κ1) is 13.9. The fourth-order valence-electron chi connectivity index (χ4n) is 1.60. The summed E-state index contributed by atoms with van der Waals surface area (Å²) in [6.45, 7) is 8.03. The summed E-state index contributed by atoms with van der Waals surface area (Å²) in [7, 11) is 2.03. The van der Waals surface area contributed by atoms with E-state index in [2.05, 4.69) is 29.0 Å². The molecule has 0 saturated carbocycles. The molecule has 0 spiro atoms. The van der Waals surface area contributed by atoms with E-state index in [0.29, 0.717) is 12.5 Å². The van der Waals surface area contributed by atoms with Gasteiger partial charge in [0, 0.05) is 43.7 Å². The van der Waals surface area contributed by atoms with Gasteiger partial charge in [0.2, 0.25) is 0 Å². The van der Waals surface area contributed by atoms with Crippen LogP contribution in [0.3, 0.4) is 0 Å². The Morgan fingerprint density at radius 1 is 1.47 bits per heavy atom. The summed E-state index contributed by atoms with van der Waals surface area (Å²) < 4.78 is 0. The fourth-order valence-corrected chi connectivity index (χ4v) is 1.60.